The van der Waals surface area contributed by atoms with Crippen LogP contribution in [0.5, 0.6) is 0 Å². The molecular weight excluding hydrogens is 188 g/mol. The number of hydrogen-bond acceptors (Lipinski definition) is 2. The molecule has 2 rings (SSSR count). The maximum Gasteiger partial charge on any atom is 0.255 e. The third kappa shape index (κ3) is 1.82. The van der Waals surface area contributed by atoms with Crippen molar-refractivity contribution in [3.63, 3.8) is 0 Å². The maximum atomic E-state index is 12.0. The maximum absolute atomic E-state index is 12.0. The topological polar surface area (TPSA) is 46.3 Å². The van der Waals surface area contributed by atoms with Gasteiger partial charge in [-0.1, -0.05) is 12.1 Å². The second-order valence-corrected chi connectivity index (χ2v) is 4.09. The Labute approximate surface area is 89.9 Å². The standard InChI is InChI=1S/C12H16N2O/c1-14(9-5-4-6-9)12(15)10-7-2-3-8-11(10)13/h2-3,7-9H,4-6,13H2,1H3. The summed E-state index contributed by atoms with van der Waals surface area (Å²) in [6.07, 6.45) is 3.47. The van der Waals surface area contributed by atoms with Crippen LogP contribution in [0.2, 0.25) is 0 Å². The van der Waals surface area contributed by atoms with E-state index in [4.69, 9.17) is 5.73 Å². The molecule has 1 aromatic carbocycles. The average molecular weight is 204 g/mol. The molecule has 0 atom stereocenters. The highest BCUT2D eigenvalue weighted by molar-refractivity contribution is 5.99. The SMILES string of the molecule is CN(C(=O)c1ccccc1N)C1CCC1. The molecule has 0 heterocycles. The zero-order valence-electron chi connectivity index (χ0n) is 8.94. The number of nitrogens with zero attached hydrogens (tertiary/aromatic N) is 1. The van der Waals surface area contributed by atoms with Gasteiger partial charge in [0.15, 0.2) is 0 Å². The molecule has 0 aliphatic heterocycles. The lowest BCUT2D eigenvalue weighted by atomic mass is 9.91. The van der Waals surface area contributed by atoms with Gasteiger partial charge in [-0.2, -0.15) is 0 Å². The number of carbonyl (C=O) groups excluding carboxylic acids is 1. The molecule has 1 aliphatic carbocycles. The molecule has 1 amide bonds. The lowest BCUT2D eigenvalue weighted by molar-refractivity contribution is 0.0653. The van der Waals surface area contributed by atoms with Gasteiger partial charge in [-0.3, -0.25) is 4.79 Å². The fraction of sp³-hybridized carbons (Fsp3) is 0.417. The molecule has 3 nitrogen and oxygen atoms in total. The minimum absolute atomic E-state index is 0.0396. The molecule has 0 aromatic heterocycles. The van der Waals surface area contributed by atoms with Crippen molar-refractivity contribution in [2.75, 3.05) is 12.8 Å². The van der Waals surface area contributed by atoms with Crippen LogP contribution in [0.3, 0.4) is 0 Å². The predicted molar refractivity (Wildman–Crippen MR) is 60.6 cm³/mol. The molecule has 3 heteroatoms. The largest absolute Gasteiger partial charge is 0.398 e. The number of rotatable bonds is 2. The highest BCUT2D eigenvalue weighted by Crippen LogP contribution is 2.25. The Hall–Kier alpha value is -1.51. The minimum Gasteiger partial charge on any atom is -0.398 e. The van der Waals surface area contributed by atoms with E-state index in [1.165, 1.54) is 6.42 Å². The monoisotopic (exact) mass is 204 g/mol. The third-order valence-corrected chi connectivity index (χ3v) is 3.13. The van der Waals surface area contributed by atoms with Crippen LogP contribution in [0.1, 0.15) is 29.6 Å². The lowest BCUT2D eigenvalue weighted by Gasteiger charge is -2.34. The van der Waals surface area contributed by atoms with Crippen molar-refractivity contribution < 1.29 is 4.79 Å². The summed E-state index contributed by atoms with van der Waals surface area (Å²) in [7, 11) is 1.86. The molecule has 1 aromatic rings. The van der Waals surface area contributed by atoms with Crippen LogP contribution in [0, 0.1) is 0 Å². The quantitative estimate of drug-likeness (QED) is 0.748. The molecule has 0 spiro atoms. The van der Waals surface area contributed by atoms with Crippen LogP contribution in [-0.4, -0.2) is 23.9 Å². The van der Waals surface area contributed by atoms with Gasteiger partial charge in [0, 0.05) is 18.8 Å². The summed E-state index contributed by atoms with van der Waals surface area (Å²) in [4.78, 5) is 13.9. The van der Waals surface area contributed by atoms with E-state index in [-0.39, 0.29) is 5.91 Å². The number of amides is 1. The van der Waals surface area contributed by atoms with Gasteiger partial charge in [-0.05, 0) is 31.4 Å². The molecule has 1 aliphatic rings. The summed E-state index contributed by atoms with van der Waals surface area (Å²) in [5, 5.41) is 0. The highest BCUT2D eigenvalue weighted by Gasteiger charge is 2.26. The van der Waals surface area contributed by atoms with E-state index in [2.05, 4.69) is 0 Å². The van der Waals surface area contributed by atoms with Crippen molar-refractivity contribution in [2.45, 2.75) is 25.3 Å². The molecule has 1 saturated carbocycles. The van der Waals surface area contributed by atoms with E-state index in [0.717, 1.165) is 12.8 Å². The summed E-state index contributed by atoms with van der Waals surface area (Å²) < 4.78 is 0. The first-order chi connectivity index (χ1) is 7.20. The van der Waals surface area contributed by atoms with Crippen molar-refractivity contribution in [3.05, 3.63) is 29.8 Å². The Morgan fingerprint density at radius 1 is 1.40 bits per heavy atom. The summed E-state index contributed by atoms with van der Waals surface area (Å²) in [6, 6.07) is 7.65. The number of carbonyl (C=O) groups is 1. The molecule has 0 saturated heterocycles. The number of benzene rings is 1. The Bertz CT molecular complexity index is 372. The first-order valence-corrected chi connectivity index (χ1v) is 5.32. The molecule has 0 bridgehead atoms. The Morgan fingerprint density at radius 3 is 2.60 bits per heavy atom. The summed E-state index contributed by atoms with van der Waals surface area (Å²) in [5.41, 5.74) is 6.95. The number of para-hydroxylation sites is 1. The van der Waals surface area contributed by atoms with Gasteiger partial charge in [-0.25, -0.2) is 0 Å². The number of hydrogen-bond donors (Lipinski definition) is 1. The summed E-state index contributed by atoms with van der Waals surface area (Å²) >= 11 is 0. The molecule has 1 fully saturated rings. The van der Waals surface area contributed by atoms with Crippen LogP contribution in [0.25, 0.3) is 0 Å². The molecule has 0 radical (unpaired) electrons. The van der Waals surface area contributed by atoms with Crippen LogP contribution in [0.4, 0.5) is 5.69 Å². The van der Waals surface area contributed by atoms with E-state index in [9.17, 15) is 4.79 Å². The van der Waals surface area contributed by atoms with E-state index in [0.29, 0.717) is 17.3 Å². The molecule has 80 valence electrons. The number of nitrogen functional groups attached to an aromatic ring is 1. The van der Waals surface area contributed by atoms with Gasteiger partial charge in [0.2, 0.25) is 0 Å². The number of anilines is 1. The van der Waals surface area contributed by atoms with Crippen molar-refractivity contribution >= 4 is 11.6 Å². The average Bonchev–Trinajstić information content (AvgIpc) is 2.15. The van der Waals surface area contributed by atoms with E-state index >= 15 is 0 Å². The second kappa shape index (κ2) is 3.93. The summed E-state index contributed by atoms with van der Waals surface area (Å²) in [5.74, 6) is 0.0396. The molecular formula is C12H16N2O. The van der Waals surface area contributed by atoms with Crippen LogP contribution in [-0.2, 0) is 0 Å². The van der Waals surface area contributed by atoms with E-state index in [1.807, 2.05) is 24.1 Å². The fourth-order valence-electron chi connectivity index (χ4n) is 1.82. The van der Waals surface area contributed by atoms with Crippen LogP contribution in [0.15, 0.2) is 24.3 Å². The molecule has 0 unspecified atom stereocenters. The third-order valence-electron chi connectivity index (χ3n) is 3.13. The van der Waals surface area contributed by atoms with Crippen molar-refractivity contribution in [1.82, 2.24) is 4.90 Å². The normalized spacial score (nSPS) is 15.8. The van der Waals surface area contributed by atoms with E-state index < -0.39 is 0 Å². The van der Waals surface area contributed by atoms with E-state index in [1.54, 1.807) is 12.1 Å². The van der Waals surface area contributed by atoms with Crippen LogP contribution >= 0.6 is 0 Å². The minimum atomic E-state index is 0.0396. The lowest BCUT2D eigenvalue weighted by Crippen LogP contribution is -2.41. The van der Waals surface area contributed by atoms with Gasteiger partial charge < -0.3 is 10.6 Å². The Morgan fingerprint density at radius 2 is 2.07 bits per heavy atom. The van der Waals surface area contributed by atoms with Crippen LogP contribution < -0.4 is 5.73 Å². The first-order valence-electron chi connectivity index (χ1n) is 5.32. The van der Waals surface area contributed by atoms with Gasteiger partial charge in [0.1, 0.15) is 0 Å². The fourth-order valence-corrected chi connectivity index (χ4v) is 1.82. The first kappa shape index (κ1) is 10.0. The Balaban J connectivity index is 2.16. The molecule has 2 N–H and O–H groups in total. The van der Waals surface area contributed by atoms with Gasteiger partial charge in [0.25, 0.3) is 5.91 Å². The van der Waals surface area contributed by atoms with Gasteiger partial charge in [-0.15, -0.1) is 0 Å². The van der Waals surface area contributed by atoms with Crippen molar-refractivity contribution in [2.24, 2.45) is 0 Å². The number of nitrogens with two attached hydrogens (primary N) is 1. The van der Waals surface area contributed by atoms with Crippen molar-refractivity contribution in [1.29, 1.82) is 0 Å². The van der Waals surface area contributed by atoms with Gasteiger partial charge in [0.05, 0.1) is 5.56 Å². The second-order valence-electron chi connectivity index (χ2n) is 4.09. The predicted octanol–water partition coefficient (Wildman–Crippen LogP) is 1.89. The highest BCUT2D eigenvalue weighted by atomic mass is 16.2. The smallest absolute Gasteiger partial charge is 0.255 e. The zero-order chi connectivity index (χ0) is 10.8. The summed E-state index contributed by atoms with van der Waals surface area (Å²) in [6.45, 7) is 0. The van der Waals surface area contributed by atoms with Gasteiger partial charge >= 0.3 is 0 Å². The van der Waals surface area contributed by atoms with Crippen molar-refractivity contribution in [3.8, 4) is 0 Å². The zero-order valence-corrected chi connectivity index (χ0v) is 8.94. The molecule has 15 heavy (non-hydrogen) atoms. The Kier molecular flexibility index (Phi) is 2.62.